The first-order valence-corrected chi connectivity index (χ1v) is 12.1. The molecule has 0 spiro atoms. The lowest BCUT2D eigenvalue weighted by Crippen LogP contribution is -2.58. The summed E-state index contributed by atoms with van der Waals surface area (Å²) < 4.78 is 5.21. The van der Waals surface area contributed by atoms with Gasteiger partial charge in [-0.05, 0) is 103 Å². The summed E-state index contributed by atoms with van der Waals surface area (Å²) in [5.74, 6) is 1.83. The third-order valence-electron chi connectivity index (χ3n) is 9.89. The van der Waals surface area contributed by atoms with Crippen LogP contribution in [0.3, 0.4) is 0 Å². The molecule has 1 N–H and O–H groups in total. The maximum absolute atomic E-state index is 12.9. The molecule has 1 aromatic rings. The Labute approximate surface area is 181 Å². The predicted molar refractivity (Wildman–Crippen MR) is 119 cm³/mol. The maximum Gasteiger partial charge on any atom is 0.338 e. The zero-order valence-corrected chi connectivity index (χ0v) is 19.4. The molecule has 4 atom stereocenters. The molecule has 3 nitrogen and oxygen atoms in total. The summed E-state index contributed by atoms with van der Waals surface area (Å²) in [4.78, 5) is 12.9. The molecule has 0 amide bonds. The molecule has 3 fully saturated rings. The van der Waals surface area contributed by atoms with Crippen molar-refractivity contribution >= 4 is 5.97 Å². The number of hydrogen-bond acceptors (Lipinski definition) is 3. The summed E-state index contributed by atoms with van der Waals surface area (Å²) in [6, 6.07) is 1.74. The van der Waals surface area contributed by atoms with Crippen molar-refractivity contribution in [2.45, 2.75) is 96.8 Å². The monoisotopic (exact) mass is 410 g/mol. The standard InChI is InChI=1S/C27H38O3/c1-25(2)12-6-13-26(3)20(25)11-14-27(4)21(26)10-9-17-22(16-7-8-16)19(28)15-18(23(17)27)24(29)30-5/h15-16,20-21,28H,6-14H2,1-5H3/t20?,21-,26+,27-/m1/s1. The van der Waals surface area contributed by atoms with Crippen LogP contribution in [0.5, 0.6) is 5.75 Å². The van der Waals surface area contributed by atoms with Gasteiger partial charge in [-0.15, -0.1) is 0 Å². The van der Waals surface area contributed by atoms with E-state index < -0.39 is 0 Å². The highest BCUT2D eigenvalue weighted by molar-refractivity contribution is 5.93. The Morgan fingerprint density at radius 2 is 1.77 bits per heavy atom. The van der Waals surface area contributed by atoms with E-state index in [1.165, 1.54) is 50.3 Å². The molecule has 0 aliphatic heterocycles. The van der Waals surface area contributed by atoms with Gasteiger partial charge < -0.3 is 9.84 Å². The number of methoxy groups -OCH3 is 1. The second kappa shape index (κ2) is 6.50. The molecule has 1 aromatic carbocycles. The number of phenolic OH excluding ortho intramolecular Hbond substituents is 1. The Morgan fingerprint density at radius 1 is 1.03 bits per heavy atom. The SMILES string of the molecule is COC(=O)c1cc(O)c(C2CC2)c2c1[C@]1(C)CCC3C(C)(C)CCC[C@]3(C)[C@H]1CC2. The normalized spacial score (nSPS) is 37.0. The number of carbonyl (C=O) groups excluding carboxylic acids is 1. The van der Waals surface area contributed by atoms with Crippen molar-refractivity contribution in [1.82, 2.24) is 0 Å². The largest absolute Gasteiger partial charge is 0.508 e. The zero-order valence-electron chi connectivity index (χ0n) is 19.4. The van der Waals surface area contributed by atoms with Gasteiger partial charge in [0.25, 0.3) is 0 Å². The van der Waals surface area contributed by atoms with Crippen LogP contribution in [0, 0.1) is 22.7 Å². The number of aromatic hydroxyl groups is 1. The number of ether oxygens (including phenoxy) is 1. The molecule has 30 heavy (non-hydrogen) atoms. The molecule has 5 rings (SSSR count). The van der Waals surface area contributed by atoms with Crippen LogP contribution in [0.1, 0.15) is 112 Å². The minimum Gasteiger partial charge on any atom is -0.508 e. The Hall–Kier alpha value is -1.51. The summed E-state index contributed by atoms with van der Waals surface area (Å²) in [5.41, 5.74) is 4.98. The number of phenols is 1. The first-order chi connectivity index (χ1) is 14.1. The van der Waals surface area contributed by atoms with E-state index in [0.717, 1.165) is 37.2 Å². The van der Waals surface area contributed by atoms with Crippen LogP contribution < -0.4 is 0 Å². The molecule has 3 saturated carbocycles. The highest BCUT2D eigenvalue weighted by Crippen LogP contribution is 2.68. The lowest BCUT2D eigenvalue weighted by atomic mass is 9.40. The summed E-state index contributed by atoms with van der Waals surface area (Å²) in [6.45, 7) is 9.96. The fraction of sp³-hybridized carbons (Fsp3) is 0.741. The van der Waals surface area contributed by atoms with Gasteiger partial charge in [-0.1, -0.05) is 34.1 Å². The van der Waals surface area contributed by atoms with E-state index in [-0.39, 0.29) is 11.4 Å². The quantitative estimate of drug-likeness (QED) is 0.566. The van der Waals surface area contributed by atoms with Crippen LogP contribution in [0.25, 0.3) is 0 Å². The van der Waals surface area contributed by atoms with E-state index in [1.807, 2.05) is 0 Å². The van der Waals surface area contributed by atoms with Gasteiger partial charge in [0.05, 0.1) is 12.7 Å². The lowest BCUT2D eigenvalue weighted by Gasteiger charge is -2.64. The Bertz CT molecular complexity index is 896. The molecular formula is C27H38O3. The van der Waals surface area contributed by atoms with Crippen LogP contribution in [0.15, 0.2) is 6.07 Å². The van der Waals surface area contributed by atoms with E-state index in [9.17, 15) is 9.90 Å². The number of hydrogen-bond donors (Lipinski definition) is 1. The molecule has 0 radical (unpaired) electrons. The summed E-state index contributed by atoms with van der Waals surface area (Å²) in [5, 5.41) is 10.9. The fourth-order valence-corrected chi connectivity index (χ4v) is 8.63. The molecule has 4 aliphatic carbocycles. The van der Waals surface area contributed by atoms with Gasteiger partial charge in [-0.25, -0.2) is 4.79 Å². The van der Waals surface area contributed by atoms with Crippen LogP contribution in [0.4, 0.5) is 0 Å². The summed E-state index contributed by atoms with van der Waals surface area (Å²) in [6.07, 6.45) is 10.8. The Balaban J connectivity index is 1.70. The first kappa shape index (κ1) is 20.4. The maximum atomic E-state index is 12.9. The molecule has 3 heteroatoms. The van der Waals surface area contributed by atoms with Gasteiger partial charge in [0, 0.05) is 5.56 Å². The van der Waals surface area contributed by atoms with E-state index >= 15 is 0 Å². The van der Waals surface area contributed by atoms with Gasteiger partial charge in [0.2, 0.25) is 0 Å². The molecule has 0 aromatic heterocycles. The van der Waals surface area contributed by atoms with Gasteiger partial charge >= 0.3 is 5.97 Å². The minimum absolute atomic E-state index is 0.0207. The molecule has 4 aliphatic rings. The van der Waals surface area contributed by atoms with Crippen molar-refractivity contribution in [2.24, 2.45) is 22.7 Å². The number of esters is 1. The predicted octanol–water partition coefficient (Wildman–Crippen LogP) is 6.50. The highest BCUT2D eigenvalue weighted by atomic mass is 16.5. The van der Waals surface area contributed by atoms with Crippen LogP contribution in [-0.2, 0) is 16.6 Å². The van der Waals surface area contributed by atoms with Crippen LogP contribution in [0.2, 0.25) is 0 Å². The van der Waals surface area contributed by atoms with Crippen molar-refractivity contribution in [3.05, 3.63) is 28.3 Å². The highest BCUT2D eigenvalue weighted by Gasteiger charge is 2.60. The van der Waals surface area contributed by atoms with Gasteiger partial charge in [-0.3, -0.25) is 0 Å². The third-order valence-corrected chi connectivity index (χ3v) is 9.89. The van der Waals surface area contributed by atoms with E-state index in [2.05, 4.69) is 27.7 Å². The molecular weight excluding hydrogens is 372 g/mol. The first-order valence-electron chi connectivity index (χ1n) is 12.1. The number of benzene rings is 1. The summed E-state index contributed by atoms with van der Waals surface area (Å²) in [7, 11) is 1.46. The fourth-order valence-electron chi connectivity index (χ4n) is 8.63. The second-order valence-corrected chi connectivity index (χ2v) is 11.9. The lowest BCUT2D eigenvalue weighted by molar-refractivity contribution is -0.110. The Morgan fingerprint density at radius 3 is 2.43 bits per heavy atom. The molecule has 0 bridgehead atoms. The van der Waals surface area contributed by atoms with Crippen molar-refractivity contribution in [1.29, 1.82) is 0 Å². The van der Waals surface area contributed by atoms with Crippen molar-refractivity contribution in [3.63, 3.8) is 0 Å². The average molecular weight is 411 g/mol. The van der Waals surface area contributed by atoms with E-state index in [4.69, 9.17) is 4.74 Å². The molecule has 0 saturated heterocycles. The molecule has 164 valence electrons. The number of carbonyl (C=O) groups is 1. The average Bonchev–Trinajstić information content (AvgIpc) is 3.50. The molecule has 0 heterocycles. The van der Waals surface area contributed by atoms with Crippen LogP contribution >= 0.6 is 0 Å². The number of rotatable bonds is 2. The van der Waals surface area contributed by atoms with Crippen molar-refractivity contribution < 1.29 is 14.6 Å². The van der Waals surface area contributed by atoms with Gasteiger partial charge in [0.1, 0.15) is 5.75 Å². The zero-order chi connectivity index (χ0) is 21.5. The van der Waals surface area contributed by atoms with Crippen molar-refractivity contribution in [3.8, 4) is 5.75 Å². The van der Waals surface area contributed by atoms with Crippen LogP contribution in [-0.4, -0.2) is 18.2 Å². The Kier molecular flexibility index (Phi) is 4.42. The smallest absolute Gasteiger partial charge is 0.338 e. The van der Waals surface area contributed by atoms with E-state index in [0.29, 0.717) is 34.0 Å². The topological polar surface area (TPSA) is 46.5 Å². The second-order valence-electron chi connectivity index (χ2n) is 11.9. The number of fused-ring (bicyclic) bond motifs is 5. The summed E-state index contributed by atoms with van der Waals surface area (Å²) >= 11 is 0. The van der Waals surface area contributed by atoms with Crippen molar-refractivity contribution in [2.75, 3.05) is 7.11 Å². The third kappa shape index (κ3) is 2.66. The van der Waals surface area contributed by atoms with Gasteiger partial charge in [0.15, 0.2) is 0 Å². The van der Waals surface area contributed by atoms with E-state index in [1.54, 1.807) is 6.07 Å². The van der Waals surface area contributed by atoms with Gasteiger partial charge in [-0.2, -0.15) is 0 Å². The molecule has 1 unspecified atom stereocenters. The minimum atomic E-state index is -0.290.